The Morgan fingerprint density at radius 1 is 1.43 bits per heavy atom. The lowest BCUT2D eigenvalue weighted by molar-refractivity contribution is -0.122. The zero-order chi connectivity index (χ0) is 14.8. The van der Waals surface area contributed by atoms with Gasteiger partial charge < -0.3 is 9.88 Å². The molecule has 21 heavy (non-hydrogen) atoms. The van der Waals surface area contributed by atoms with Crippen molar-refractivity contribution >= 4 is 17.2 Å². The van der Waals surface area contributed by atoms with Crippen molar-refractivity contribution in [3.05, 3.63) is 56.1 Å². The Morgan fingerprint density at radius 3 is 3.00 bits per heavy atom. The van der Waals surface area contributed by atoms with Crippen LogP contribution in [0.4, 0.5) is 0 Å². The number of fused-ring (bicyclic) bond motifs is 1. The molecule has 1 aliphatic carbocycles. The summed E-state index contributed by atoms with van der Waals surface area (Å²) in [4.78, 5) is 23.7. The minimum absolute atomic E-state index is 0.00603. The molecule has 0 spiro atoms. The molecule has 0 saturated heterocycles. The van der Waals surface area contributed by atoms with Crippen molar-refractivity contribution in [2.24, 2.45) is 0 Å². The summed E-state index contributed by atoms with van der Waals surface area (Å²) in [5, 5.41) is 4.91. The van der Waals surface area contributed by atoms with Gasteiger partial charge in [-0.25, -0.2) is 0 Å². The highest BCUT2D eigenvalue weighted by Crippen LogP contribution is 2.30. The largest absolute Gasteiger partial charge is 0.349 e. The number of aromatic nitrogens is 1. The Morgan fingerprint density at radius 2 is 2.24 bits per heavy atom. The van der Waals surface area contributed by atoms with Crippen molar-refractivity contribution in [3.8, 4) is 0 Å². The average Bonchev–Trinajstić information content (AvgIpc) is 3.02. The number of nitrogens with zero attached hydrogens (tertiary/aromatic N) is 1. The summed E-state index contributed by atoms with van der Waals surface area (Å²) in [5.74, 6) is 0.00852. The molecule has 0 radical (unpaired) electrons. The second-order valence-electron chi connectivity index (χ2n) is 5.40. The second-order valence-corrected chi connectivity index (χ2v) is 6.22. The van der Waals surface area contributed by atoms with Gasteiger partial charge in [-0.3, -0.25) is 9.59 Å². The molecule has 1 atom stereocenters. The van der Waals surface area contributed by atoms with E-state index in [0.717, 1.165) is 18.5 Å². The van der Waals surface area contributed by atoms with Gasteiger partial charge >= 0.3 is 4.87 Å². The van der Waals surface area contributed by atoms with Crippen LogP contribution in [0.2, 0.25) is 0 Å². The molecular formula is C16H18N2O2S. The van der Waals surface area contributed by atoms with Gasteiger partial charge in [0.2, 0.25) is 5.91 Å². The first kappa shape index (κ1) is 14.1. The van der Waals surface area contributed by atoms with Crippen LogP contribution in [-0.2, 0) is 17.8 Å². The second kappa shape index (κ2) is 5.85. The Kier molecular flexibility index (Phi) is 3.92. The Bertz CT molecular complexity index is 717. The van der Waals surface area contributed by atoms with Gasteiger partial charge in [0.25, 0.3) is 0 Å². The molecule has 0 saturated carbocycles. The van der Waals surface area contributed by atoms with E-state index in [1.807, 2.05) is 24.4 Å². The minimum Gasteiger partial charge on any atom is -0.349 e. The third-order valence-corrected chi connectivity index (χ3v) is 4.89. The number of benzene rings is 1. The van der Waals surface area contributed by atoms with Crippen LogP contribution in [0.1, 0.15) is 35.7 Å². The summed E-state index contributed by atoms with van der Waals surface area (Å²) in [7, 11) is 0. The summed E-state index contributed by atoms with van der Waals surface area (Å²) in [5.41, 5.74) is 3.48. The highest BCUT2D eigenvalue weighted by molar-refractivity contribution is 7.07. The molecule has 1 aromatic carbocycles. The van der Waals surface area contributed by atoms with Crippen LogP contribution in [0.5, 0.6) is 0 Å². The van der Waals surface area contributed by atoms with Crippen LogP contribution >= 0.6 is 11.3 Å². The van der Waals surface area contributed by atoms with Crippen LogP contribution in [-0.4, -0.2) is 10.5 Å². The van der Waals surface area contributed by atoms with Gasteiger partial charge in [-0.1, -0.05) is 35.6 Å². The smallest absolute Gasteiger partial charge is 0.307 e. The fourth-order valence-electron chi connectivity index (χ4n) is 2.86. The molecule has 110 valence electrons. The summed E-state index contributed by atoms with van der Waals surface area (Å²) >= 11 is 1.18. The van der Waals surface area contributed by atoms with Crippen LogP contribution in [0.25, 0.3) is 0 Å². The van der Waals surface area contributed by atoms with Gasteiger partial charge in [0.05, 0.1) is 6.04 Å². The van der Waals surface area contributed by atoms with Crippen molar-refractivity contribution < 1.29 is 4.79 Å². The first-order chi connectivity index (χ1) is 10.1. The summed E-state index contributed by atoms with van der Waals surface area (Å²) in [6, 6.07) is 8.37. The average molecular weight is 302 g/mol. The van der Waals surface area contributed by atoms with E-state index < -0.39 is 0 Å². The number of amides is 1. The molecule has 0 unspecified atom stereocenters. The zero-order valence-corrected chi connectivity index (χ0v) is 12.8. The molecule has 5 heteroatoms. The first-order valence-electron chi connectivity index (χ1n) is 7.17. The number of rotatable bonds is 4. The predicted octanol–water partition coefficient (Wildman–Crippen LogP) is 2.41. The molecule has 1 amide bonds. The fraction of sp³-hybridized carbons (Fsp3) is 0.375. The Balaban J connectivity index is 1.60. The van der Waals surface area contributed by atoms with E-state index in [4.69, 9.17) is 0 Å². The molecule has 3 rings (SSSR count). The van der Waals surface area contributed by atoms with Crippen molar-refractivity contribution in [3.63, 3.8) is 0 Å². The molecule has 4 nitrogen and oxygen atoms in total. The summed E-state index contributed by atoms with van der Waals surface area (Å²) in [6.45, 7) is 2.34. The molecule has 1 N–H and O–H groups in total. The molecule has 0 fully saturated rings. The fourth-order valence-corrected chi connectivity index (χ4v) is 3.62. The Hall–Kier alpha value is -1.88. The zero-order valence-electron chi connectivity index (χ0n) is 12.0. The third-order valence-electron chi connectivity index (χ3n) is 4.01. The van der Waals surface area contributed by atoms with Crippen molar-refractivity contribution in [1.29, 1.82) is 0 Å². The lowest BCUT2D eigenvalue weighted by Crippen LogP contribution is -2.29. The van der Waals surface area contributed by atoms with Gasteiger partial charge in [0.1, 0.15) is 0 Å². The maximum Gasteiger partial charge on any atom is 0.307 e. The van der Waals surface area contributed by atoms with Crippen molar-refractivity contribution in [2.75, 3.05) is 0 Å². The molecule has 1 heterocycles. The lowest BCUT2D eigenvalue weighted by Gasteiger charge is -2.14. The van der Waals surface area contributed by atoms with E-state index in [0.29, 0.717) is 13.0 Å². The number of carbonyl (C=O) groups is 1. The minimum atomic E-state index is 0.00603. The molecular weight excluding hydrogens is 284 g/mol. The highest BCUT2D eigenvalue weighted by Gasteiger charge is 2.23. The highest BCUT2D eigenvalue weighted by atomic mass is 32.1. The van der Waals surface area contributed by atoms with Gasteiger partial charge in [0, 0.05) is 24.0 Å². The number of nitrogens with one attached hydrogen (secondary N) is 1. The third kappa shape index (κ3) is 2.93. The predicted molar refractivity (Wildman–Crippen MR) is 83.6 cm³/mol. The van der Waals surface area contributed by atoms with Crippen molar-refractivity contribution in [1.82, 2.24) is 9.88 Å². The lowest BCUT2D eigenvalue weighted by atomic mass is 10.1. The van der Waals surface area contributed by atoms with E-state index >= 15 is 0 Å². The number of thiazole rings is 1. The number of hydrogen-bond acceptors (Lipinski definition) is 3. The van der Waals surface area contributed by atoms with Gasteiger partial charge in [-0.05, 0) is 30.9 Å². The van der Waals surface area contributed by atoms with E-state index in [1.54, 1.807) is 4.57 Å². The molecule has 2 aromatic rings. The Labute approximate surface area is 127 Å². The van der Waals surface area contributed by atoms with E-state index in [-0.39, 0.29) is 16.8 Å². The van der Waals surface area contributed by atoms with Gasteiger partial charge in [-0.15, -0.1) is 0 Å². The first-order valence-corrected chi connectivity index (χ1v) is 8.05. The molecule has 1 aliphatic rings. The summed E-state index contributed by atoms with van der Waals surface area (Å²) in [6.07, 6.45) is 2.32. The maximum absolute atomic E-state index is 12.1. The standard InChI is InChI=1S/C16H18N2O2S/c1-11-10-21-16(20)18(11)9-8-15(19)17-14-7-6-12-4-2-3-5-13(12)14/h2-5,10,14H,6-9H2,1H3,(H,17,19)/t14-/m1/s1. The van der Waals surface area contributed by atoms with Gasteiger partial charge in [0.15, 0.2) is 0 Å². The molecule has 0 aliphatic heterocycles. The monoisotopic (exact) mass is 302 g/mol. The summed E-state index contributed by atoms with van der Waals surface area (Å²) < 4.78 is 1.66. The van der Waals surface area contributed by atoms with Crippen LogP contribution in [0, 0.1) is 6.92 Å². The molecule has 0 bridgehead atoms. The topological polar surface area (TPSA) is 51.1 Å². The normalized spacial score (nSPS) is 16.7. The van der Waals surface area contributed by atoms with Gasteiger partial charge in [-0.2, -0.15) is 0 Å². The number of carbonyl (C=O) groups excluding carboxylic acids is 1. The molecule has 1 aromatic heterocycles. The van der Waals surface area contributed by atoms with Crippen LogP contribution < -0.4 is 10.2 Å². The maximum atomic E-state index is 12.1. The van der Waals surface area contributed by atoms with Crippen LogP contribution in [0.15, 0.2) is 34.4 Å². The number of aryl methyl sites for hydroxylation is 2. The van der Waals surface area contributed by atoms with E-state index in [1.165, 1.54) is 22.5 Å². The number of hydrogen-bond donors (Lipinski definition) is 1. The van der Waals surface area contributed by atoms with Crippen molar-refractivity contribution in [2.45, 2.75) is 38.8 Å². The quantitative estimate of drug-likeness (QED) is 0.943. The van der Waals surface area contributed by atoms with E-state index in [2.05, 4.69) is 17.4 Å². The van der Waals surface area contributed by atoms with Crippen LogP contribution in [0.3, 0.4) is 0 Å². The SMILES string of the molecule is Cc1csc(=O)n1CCC(=O)N[C@@H]1CCc2ccccc21. The van der Waals surface area contributed by atoms with E-state index in [9.17, 15) is 9.59 Å².